The van der Waals surface area contributed by atoms with Gasteiger partial charge in [0.25, 0.3) is 5.91 Å². The Balaban J connectivity index is 1.63. The molecule has 0 saturated carbocycles. The minimum atomic E-state index is -3.63. The van der Waals surface area contributed by atoms with Crippen LogP contribution in [0.5, 0.6) is 5.75 Å². The van der Waals surface area contributed by atoms with Gasteiger partial charge in [-0.1, -0.05) is 19.1 Å². The van der Waals surface area contributed by atoms with Crippen LogP contribution in [0.1, 0.15) is 43.5 Å². The van der Waals surface area contributed by atoms with Gasteiger partial charge in [-0.15, -0.1) is 0 Å². The summed E-state index contributed by atoms with van der Waals surface area (Å²) in [6, 6.07) is 13.2. The summed E-state index contributed by atoms with van der Waals surface area (Å²) in [5.74, 6) is -0.193. The molecule has 2 aromatic rings. The van der Waals surface area contributed by atoms with Crippen LogP contribution in [0.2, 0.25) is 0 Å². The number of hydrogen-bond donors (Lipinski definition) is 2. The van der Waals surface area contributed by atoms with Gasteiger partial charge in [0.15, 0.2) is 0 Å². The van der Waals surface area contributed by atoms with E-state index >= 15 is 0 Å². The summed E-state index contributed by atoms with van der Waals surface area (Å²) < 4.78 is 32.3. The third-order valence-corrected chi connectivity index (χ3v) is 7.85. The lowest BCUT2D eigenvalue weighted by molar-refractivity contribution is -0.120. The molecule has 0 radical (unpaired) electrons. The highest BCUT2D eigenvalue weighted by molar-refractivity contribution is 7.89. The maximum Gasteiger partial charge on any atom is 0.253 e. The lowest BCUT2D eigenvalue weighted by Gasteiger charge is -2.30. The molecule has 0 unspecified atom stereocenters. The number of carbonyl (C=O) groups excluding carboxylic acids is 2. The van der Waals surface area contributed by atoms with Crippen molar-refractivity contribution < 1.29 is 22.7 Å². The van der Waals surface area contributed by atoms with Crippen molar-refractivity contribution in [2.75, 3.05) is 25.5 Å². The van der Waals surface area contributed by atoms with Gasteiger partial charge in [0, 0.05) is 25.0 Å². The van der Waals surface area contributed by atoms with Gasteiger partial charge >= 0.3 is 0 Å². The fourth-order valence-corrected chi connectivity index (χ4v) is 5.15. The second kappa shape index (κ2) is 10.8. The van der Waals surface area contributed by atoms with Gasteiger partial charge in [0.05, 0.1) is 23.3 Å². The lowest BCUT2D eigenvalue weighted by Crippen LogP contribution is -2.41. The third kappa shape index (κ3) is 5.91. The molecule has 178 valence electrons. The highest BCUT2D eigenvalue weighted by Crippen LogP contribution is 2.26. The molecular weight excluding hydrogens is 442 g/mol. The summed E-state index contributed by atoms with van der Waals surface area (Å²) in [6.45, 7) is 4.41. The number of hydrogen-bond acceptors (Lipinski definition) is 5. The van der Waals surface area contributed by atoms with Gasteiger partial charge in [0.2, 0.25) is 15.9 Å². The third-order valence-electron chi connectivity index (χ3n) is 5.94. The maximum atomic E-state index is 12.9. The molecular formula is C24H31N3O5S. The molecule has 1 atom stereocenters. The molecule has 9 heteroatoms. The zero-order chi connectivity index (χ0) is 24.0. The van der Waals surface area contributed by atoms with Crippen molar-refractivity contribution in [2.45, 2.75) is 44.0 Å². The van der Waals surface area contributed by atoms with E-state index in [1.165, 1.54) is 23.5 Å². The van der Waals surface area contributed by atoms with Gasteiger partial charge in [-0.2, -0.15) is 4.31 Å². The molecule has 8 nitrogen and oxygen atoms in total. The summed E-state index contributed by atoms with van der Waals surface area (Å²) in [5, 5.41) is 5.78. The van der Waals surface area contributed by atoms with Crippen LogP contribution in [-0.2, 0) is 14.8 Å². The first-order valence-electron chi connectivity index (χ1n) is 11.1. The van der Waals surface area contributed by atoms with Crippen LogP contribution in [-0.4, -0.2) is 50.8 Å². The van der Waals surface area contributed by atoms with E-state index < -0.39 is 10.0 Å². The van der Waals surface area contributed by atoms with E-state index in [4.69, 9.17) is 4.74 Å². The van der Waals surface area contributed by atoms with Crippen molar-refractivity contribution in [1.82, 2.24) is 9.62 Å². The van der Waals surface area contributed by atoms with Crippen molar-refractivity contribution >= 4 is 27.5 Å². The Kier molecular flexibility index (Phi) is 8.10. The quantitative estimate of drug-likeness (QED) is 0.612. The number of sulfonamides is 1. The number of nitrogens with one attached hydrogen (secondary N) is 2. The van der Waals surface area contributed by atoms with E-state index in [2.05, 4.69) is 10.6 Å². The second-order valence-corrected chi connectivity index (χ2v) is 10.1. The van der Waals surface area contributed by atoms with E-state index in [1.54, 1.807) is 36.4 Å². The Bertz CT molecular complexity index is 1080. The molecule has 1 aliphatic rings. The van der Waals surface area contributed by atoms with Crippen LogP contribution in [0.25, 0.3) is 0 Å². The van der Waals surface area contributed by atoms with Crippen molar-refractivity contribution in [3.8, 4) is 5.75 Å². The summed E-state index contributed by atoms with van der Waals surface area (Å²) in [4.78, 5) is 25.7. The highest BCUT2D eigenvalue weighted by Gasteiger charge is 2.32. The second-order valence-electron chi connectivity index (χ2n) is 8.17. The monoisotopic (exact) mass is 473 g/mol. The number of ether oxygens (including phenoxy) is 1. The minimum absolute atomic E-state index is 0.0261. The largest absolute Gasteiger partial charge is 0.497 e. The van der Waals surface area contributed by atoms with Crippen LogP contribution >= 0.6 is 0 Å². The number of piperidine rings is 1. The number of rotatable bonds is 8. The van der Waals surface area contributed by atoms with Gasteiger partial charge < -0.3 is 15.4 Å². The van der Waals surface area contributed by atoms with Crippen molar-refractivity contribution in [1.29, 1.82) is 0 Å². The van der Waals surface area contributed by atoms with Gasteiger partial charge in [0.1, 0.15) is 5.75 Å². The summed E-state index contributed by atoms with van der Waals surface area (Å²) in [6.07, 6.45) is 1.61. The van der Waals surface area contributed by atoms with Crippen LogP contribution in [0, 0.1) is 5.92 Å². The highest BCUT2D eigenvalue weighted by atomic mass is 32.2. The van der Waals surface area contributed by atoms with Crippen molar-refractivity contribution in [3.63, 3.8) is 0 Å². The smallest absolute Gasteiger partial charge is 0.253 e. The number of benzene rings is 2. The van der Waals surface area contributed by atoms with Crippen LogP contribution in [0.15, 0.2) is 53.4 Å². The number of amides is 2. The zero-order valence-corrected chi connectivity index (χ0v) is 20.0. The number of carbonyl (C=O) groups is 2. The molecule has 1 aliphatic heterocycles. The number of nitrogens with zero attached hydrogens (tertiary/aromatic N) is 1. The average molecular weight is 474 g/mol. The molecule has 2 amide bonds. The van der Waals surface area contributed by atoms with Gasteiger partial charge in [-0.3, -0.25) is 9.59 Å². The molecule has 2 N–H and O–H groups in total. The molecule has 2 aromatic carbocycles. The lowest BCUT2D eigenvalue weighted by atomic mass is 9.97. The Labute approximate surface area is 195 Å². The molecule has 3 rings (SSSR count). The zero-order valence-electron chi connectivity index (χ0n) is 19.2. The minimum Gasteiger partial charge on any atom is -0.497 e. The Hall–Kier alpha value is -2.91. The van der Waals surface area contributed by atoms with E-state index in [0.29, 0.717) is 29.8 Å². The standard InChI is InChI=1S/C24H31N3O5S/c1-4-17(2)25-24(29)21-7-5-6-8-22(21)26-23(28)18-13-15-27(16-14-18)33(30,31)20-11-9-19(32-3)10-12-20/h5-12,17-18H,4,13-16H2,1-3H3,(H,25,29)(H,26,28)/t17-/m0/s1. The van der Waals surface area contributed by atoms with Gasteiger partial charge in [-0.05, 0) is 62.6 Å². The normalized spacial score (nSPS) is 16.1. The number of anilines is 1. The van der Waals surface area contributed by atoms with E-state index in [9.17, 15) is 18.0 Å². The fraction of sp³-hybridized carbons (Fsp3) is 0.417. The van der Waals surface area contributed by atoms with Crippen LogP contribution in [0.3, 0.4) is 0 Å². The molecule has 1 fully saturated rings. The Morgan fingerprint density at radius 2 is 1.73 bits per heavy atom. The predicted octanol–water partition coefficient (Wildman–Crippen LogP) is 3.26. The van der Waals surface area contributed by atoms with E-state index in [1.807, 2.05) is 13.8 Å². The SMILES string of the molecule is CC[C@H](C)NC(=O)c1ccccc1NC(=O)C1CCN(S(=O)(=O)c2ccc(OC)cc2)CC1. The predicted molar refractivity (Wildman–Crippen MR) is 127 cm³/mol. The molecule has 0 bridgehead atoms. The summed E-state index contributed by atoms with van der Waals surface area (Å²) in [5.41, 5.74) is 0.863. The summed E-state index contributed by atoms with van der Waals surface area (Å²) >= 11 is 0. The van der Waals surface area contributed by atoms with Crippen molar-refractivity contribution in [3.05, 3.63) is 54.1 Å². The fourth-order valence-electron chi connectivity index (χ4n) is 3.68. The number of methoxy groups -OCH3 is 1. The molecule has 1 heterocycles. The maximum absolute atomic E-state index is 12.9. The first-order valence-corrected chi connectivity index (χ1v) is 12.5. The van der Waals surface area contributed by atoms with Crippen molar-refractivity contribution in [2.24, 2.45) is 5.92 Å². The van der Waals surface area contributed by atoms with E-state index in [-0.39, 0.29) is 41.8 Å². The molecule has 0 aromatic heterocycles. The Morgan fingerprint density at radius 3 is 2.33 bits per heavy atom. The topological polar surface area (TPSA) is 105 Å². The Morgan fingerprint density at radius 1 is 1.09 bits per heavy atom. The molecule has 0 spiro atoms. The van der Waals surface area contributed by atoms with Crippen LogP contribution in [0.4, 0.5) is 5.69 Å². The summed E-state index contributed by atoms with van der Waals surface area (Å²) in [7, 11) is -2.11. The molecule has 33 heavy (non-hydrogen) atoms. The van der Waals surface area contributed by atoms with Crippen LogP contribution < -0.4 is 15.4 Å². The van der Waals surface area contributed by atoms with Gasteiger partial charge in [-0.25, -0.2) is 8.42 Å². The molecule has 0 aliphatic carbocycles. The average Bonchev–Trinajstić information content (AvgIpc) is 2.84. The first-order chi connectivity index (χ1) is 15.8. The molecule has 1 saturated heterocycles. The van der Waals surface area contributed by atoms with E-state index in [0.717, 1.165) is 6.42 Å². The number of para-hydroxylation sites is 1. The first kappa shape index (κ1) is 24.7.